The third-order valence-electron chi connectivity index (χ3n) is 2.73. The smallest absolute Gasteiger partial charge is 0.246 e. The fourth-order valence-corrected chi connectivity index (χ4v) is 2.08. The standard InChI is InChI=1S/C11H14ClN3O/c12-15(10-3-6-13-7-4-10)11(16)9-2-1-5-14-8-9/h3-4,6-7,9,14H,1-2,5,8H2. The van der Waals surface area contributed by atoms with Gasteiger partial charge in [0.05, 0.1) is 11.6 Å². The summed E-state index contributed by atoms with van der Waals surface area (Å²) in [6, 6.07) is 3.45. The van der Waals surface area contributed by atoms with Gasteiger partial charge in [-0.2, -0.15) is 0 Å². The van der Waals surface area contributed by atoms with E-state index in [1.165, 1.54) is 4.42 Å². The number of hydrogen-bond acceptors (Lipinski definition) is 3. The van der Waals surface area contributed by atoms with Crippen LogP contribution in [0.1, 0.15) is 12.8 Å². The molecule has 0 radical (unpaired) electrons. The average Bonchev–Trinajstić information content (AvgIpc) is 2.39. The van der Waals surface area contributed by atoms with Gasteiger partial charge in [-0.1, -0.05) is 0 Å². The predicted octanol–water partition coefficient (Wildman–Crippen LogP) is 1.57. The van der Waals surface area contributed by atoms with Crippen LogP contribution in [0.2, 0.25) is 0 Å². The molecule has 1 aliphatic rings. The molecular weight excluding hydrogens is 226 g/mol. The third kappa shape index (κ3) is 2.51. The van der Waals surface area contributed by atoms with Crippen LogP contribution in [0.25, 0.3) is 0 Å². The van der Waals surface area contributed by atoms with Crippen LogP contribution in [-0.2, 0) is 4.79 Å². The van der Waals surface area contributed by atoms with Crippen LogP contribution in [0.5, 0.6) is 0 Å². The molecule has 1 saturated heterocycles. The van der Waals surface area contributed by atoms with Gasteiger partial charge in [0.15, 0.2) is 0 Å². The van der Waals surface area contributed by atoms with Crippen molar-refractivity contribution in [1.29, 1.82) is 0 Å². The lowest BCUT2D eigenvalue weighted by Gasteiger charge is -2.25. The average molecular weight is 240 g/mol. The van der Waals surface area contributed by atoms with Gasteiger partial charge in [0.25, 0.3) is 0 Å². The fraction of sp³-hybridized carbons (Fsp3) is 0.455. The lowest BCUT2D eigenvalue weighted by molar-refractivity contribution is -0.121. The van der Waals surface area contributed by atoms with Crippen LogP contribution in [0.3, 0.4) is 0 Å². The number of carbonyl (C=O) groups is 1. The molecule has 2 heterocycles. The Morgan fingerprint density at radius 1 is 1.50 bits per heavy atom. The quantitative estimate of drug-likeness (QED) is 0.797. The van der Waals surface area contributed by atoms with E-state index < -0.39 is 0 Å². The van der Waals surface area contributed by atoms with Gasteiger partial charge in [-0.05, 0) is 31.5 Å². The Kier molecular flexibility index (Phi) is 3.74. The van der Waals surface area contributed by atoms with Gasteiger partial charge in [-0.15, -0.1) is 0 Å². The first-order valence-electron chi connectivity index (χ1n) is 5.39. The van der Waals surface area contributed by atoms with Crippen molar-refractivity contribution < 1.29 is 4.79 Å². The highest BCUT2D eigenvalue weighted by atomic mass is 35.5. The zero-order chi connectivity index (χ0) is 11.4. The summed E-state index contributed by atoms with van der Waals surface area (Å²) < 4.78 is 1.19. The van der Waals surface area contributed by atoms with E-state index in [-0.39, 0.29) is 11.8 Å². The van der Waals surface area contributed by atoms with E-state index in [0.717, 1.165) is 19.4 Å². The predicted molar refractivity (Wildman–Crippen MR) is 63.2 cm³/mol. The van der Waals surface area contributed by atoms with Gasteiger partial charge in [-0.25, -0.2) is 4.42 Å². The van der Waals surface area contributed by atoms with Crippen molar-refractivity contribution >= 4 is 23.4 Å². The highest BCUT2D eigenvalue weighted by Gasteiger charge is 2.25. The molecule has 16 heavy (non-hydrogen) atoms. The van der Waals surface area contributed by atoms with E-state index in [4.69, 9.17) is 11.8 Å². The van der Waals surface area contributed by atoms with Gasteiger partial charge in [0.1, 0.15) is 0 Å². The van der Waals surface area contributed by atoms with Gasteiger partial charge < -0.3 is 5.32 Å². The summed E-state index contributed by atoms with van der Waals surface area (Å²) >= 11 is 6.02. The monoisotopic (exact) mass is 239 g/mol. The maximum Gasteiger partial charge on any atom is 0.246 e. The zero-order valence-electron chi connectivity index (χ0n) is 8.90. The van der Waals surface area contributed by atoms with Crippen LogP contribution < -0.4 is 9.74 Å². The maximum absolute atomic E-state index is 12.0. The SMILES string of the molecule is O=C(C1CCCNC1)N(Cl)c1ccncc1. The Bertz CT molecular complexity index is 352. The highest BCUT2D eigenvalue weighted by molar-refractivity contribution is 6.36. The molecule has 0 bridgehead atoms. The summed E-state index contributed by atoms with van der Waals surface area (Å²) in [5.74, 6) is -0.0560. The summed E-state index contributed by atoms with van der Waals surface area (Å²) in [7, 11) is 0. The number of aromatic nitrogens is 1. The van der Waals surface area contributed by atoms with E-state index in [1.807, 2.05) is 0 Å². The van der Waals surface area contributed by atoms with Gasteiger partial charge in [0.2, 0.25) is 5.91 Å². The number of rotatable bonds is 2. The summed E-state index contributed by atoms with van der Waals surface area (Å²) in [5, 5.41) is 3.20. The largest absolute Gasteiger partial charge is 0.316 e. The lowest BCUT2D eigenvalue weighted by Crippen LogP contribution is -2.39. The molecule has 5 heteroatoms. The first-order chi connectivity index (χ1) is 7.79. The van der Waals surface area contributed by atoms with Crippen LogP contribution in [0, 0.1) is 5.92 Å². The second-order valence-corrected chi connectivity index (χ2v) is 4.21. The number of pyridine rings is 1. The molecule has 0 aliphatic carbocycles. The number of carbonyl (C=O) groups excluding carboxylic acids is 1. The number of hydrogen-bond donors (Lipinski definition) is 1. The van der Waals surface area contributed by atoms with Crippen molar-refractivity contribution in [3.63, 3.8) is 0 Å². The van der Waals surface area contributed by atoms with E-state index in [2.05, 4.69) is 10.3 Å². The Morgan fingerprint density at radius 2 is 2.25 bits per heavy atom. The fourth-order valence-electron chi connectivity index (χ4n) is 1.83. The molecule has 0 saturated carbocycles. The summed E-state index contributed by atoms with van der Waals surface area (Å²) in [6.45, 7) is 1.70. The Balaban J connectivity index is 2.04. The maximum atomic E-state index is 12.0. The van der Waals surface area contributed by atoms with Gasteiger partial charge >= 0.3 is 0 Å². The Hall–Kier alpha value is -1.13. The summed E-state index contributed by atoms with van der Waals surface area (Å²) in [4.78, 5) is 15.9. The van der Waals surface area contributed by atoms with Gasteiger partial charge in [-0.3, -0.25) is 9.78 Å². The Labute approximate surface area is 99.7 Å². The lowest BCUT2D eigenvalue weighted by atomic mass is 9.99. The minimum atomic E-state index is -0.0416. The summed E-state index contributed by atoms with van der Waals surface area (Å²) in [6.07, 6.45) is 5.17. The number of nitrogens with one attached hydrogen (secondary N) is 1. The molecule has 1 unspecified atom stereocenters. The van der Waals surface area contributed by atoms with Crippen molar-refractivity contribution in [2.45, 2.75) is 12.8 Å². The van der Waals surface area contributed by atoms with Crippen molar-refractivity contribution in [3.05, 3.63) is 24.5 Å². The van der Waals surface area contributed by atoms with Crippen molar-refractivity contribution in [1.82, 2.24) is 10.3 Å². The molecule has 1 amide bonds. The minimum absolute atomic E-state index is 0.0144. The normalized spacial score (nSPS) is 20.4. The minimum Gasteiger partial charge on any atom is -0.316 e. The van der Waals surface area contributed by atoms with E-state index >= 15 is 0 Å². The second kappa shape index (κ2) is 5.27. The molecule has 86 valence electrons. The molecule has 0 spiro atoms. The van der Waals surface area contributed by atoms with Crippen LogP contribution in [0.15, 0.2) is 24.5 Å². The van der Waals surface area contributed by atoms with Crippen LogP contribution >= 0.6 is 11.8 Å². The number of nitrogens with zero attached hydrogens (tertiary/aromatic N) is 2. The molecular formula is C11H14ClN3O. The number of anilines is 1. The zero-order valence-corrected chi connectivity index (χ0v) is 9.65. The second-order valence-electron chi connectivity index (χ2n) is 3.87. The van der Waals surface area contributed by atoms with Gasteiger partial charge in [0, 0.05) is 30.7 Å². The van der Waals surface area contributed by atoms with E-state index in [0.29, 0.717) is 12.2 Å². The van der Waals surface area contributed by atoms with Crippen molar-refractivity contribution in [2.75, 3.05) is 17.5 Å². The topological polar surface area (TPSA) is 45.2 Å². The molecule has 1 fully saturated rings. The Morgan fingerprint density at radius 3 is 2.88 bits per heavy atom. The first-order valence-corrected chi connectivity index (χ1v) is 5.73. The summed E-state index contributed by atoms with van der Waals surface area (Å²) in [5.41, 5.74) is 0.673. The molecule has 0 aromatic carbocycles. The molecule has 1 N–H and O–H groups in total. The highest BCUT2D eigenvalue weighted by Crippen LogP contribution is 2.21. The van der Waals surface area contributed by atoms with Crippen molar-refractivity contribution in [2.24, 2.45) is 5.92 Å². The molecule has 4 nitrogen and oxygen atoms in total. The first kappa shape index (κ1) is 11.4. The van der Waals surface area contributed by atoms with E-state index in [9.17, 15) is 4.79 Å². The number of piperidine rings is 1. The molecule has 1 atom stereocenters. The number of halogens is 1. The van der Waals surface area contributed by atoms with E-state index in [1.54, 1.807) is 24.5 Å². The molecule has 1 aromatic heterocycles. The number of amides is 1. The molecule has 2 rings (SSSR count). The van der Waals surface area contributed by atoms with Crippen LogP contribution in [0.4, 0.5) is 5.69 Å². The van der Waals surface area contributed by atoms with Crippen molar-refractivity contribution in [3.8, 4) is 0 Å². The molecule has 1 aromatic rings. The van der Waals surface area contributed by atoms with Crippen LogP contribution in [-0.4, -0.2) is 24.0 Å². The molecule has 1 aliphatic heterocycles. The third-order valence-corrected chi connectivity index (χ3v) is 3.09.